The number of benzene rings is 4. The van der Waals surface area contributed by atoms with Crippen molar-refractivity contribution in [3.8, 4) is 0 Å². The van der Waals surface area contributed by atoms with E-state index in [0.29, 0.717) is 33.0 Å². The molecule has 0 amide bonds. The summed E-state index contributed by atoms with van der Waals surface area (Å²) in [6.45, 7) is 1.90. The average molecular weight is 555 g/mol. The maximum atomic E-state index is 6.62. The van der Waals surface area contributed by atoms with Gasteiger partial charge in [-0.1, -0.05) is 121 Å². The van der Waals surface area contributed by atoms with Crippen molar-refractivity contribution in [1.29, 1.82) is 0 Å². The van der Waals surface area contributed by atoms with Gasteiger partial charge in [0.1, 0.15) is 30.6 Å². The topological polar surface area (TPSA) is 84.2 Å². The van der Waals surface area contributed by atoms with E-state index < -0.39 is 30.6 Å². The Bertz CT molecular complexity index is 1260. The highest BCUT2D eigenvalue weighted by atomic mass is 16.6. The van der Waals surface area contributed by atoms with Crippen LogP contribution in [0, 0.1) is 0 Å². The molecular formula is C34H38N2O5. The molecule has 4 aromatic carbocycles. The first kappa shape index (κ1) is 29.1. The molecule has 0 spiro atoms. The molecule has 0 aromatic heterocycles. The second kappa shape index (κ2) is 15.6. The van der Waals surface area contributed by atoms with Crippen molar-refractivity contribution >= 4 is 0 Å². The van der Waals surface area contributed by atoms with Crippen molar-refractivity contribution in [2.45, 2.75) is 57.1 Å². The molecule has 3 N–H and O–H groups in total. The van der Waals surface area contributed by atoms with E-state index in [0.717, 1.165) is 22.3 Å². The first-order chi connectivity index (χ1) is 20.3. The van der Waals surface area contributed by atoms with Crippen molar-refractivity contribution in [3.05, 3.63) is 144 Å². The van der Waals surface area contributed by atoms with Crippen molar-refractivity contribution in [2.24, 2.45) is 5.84 Å². The Kier molecular flexibility index (Phi) is 11.0. The van der Waals surface area contributed by atoms with E-state index >= 15 is 0 Å². The van der Waals surface area contributed by atoms with Crippen LogP contribution in [0.25, 0.3) is 0 Å². The number of ether oxygens (including phenoxy) is 5. The van der Waals surface area contributed by atoms with Gasteiger partial charge in [-0.25, -0.2) is 5.43 Å². The summed E-state index contributed by atoms with van der Waals surface area (Å²) >= 11 is 0. The molecule has 4 aromatic rings. The molecule has 1 aliphatic heterocycles. The summed E-state index contributed by atoms with van der Waals surface area (Å²) < 4.78 is 32.3. The summed E-state index contributed by atoms with van der Waals surface area (Å²) in [5.41, 5.74) is 7.04. The Morgan fingerprint density at radius 2 is 0.902 bits per heavy atom. The fraction of sp³-hybridized carbons (Fsp3) is 0.294. The molecule has 5 atom stereocenters. The van der Waals surface area contributed by atoms with Gasteiger partial charge in [0.2, 0.25) is 0 Å². The first-order valence-corrected chi connectivity index (χ1v) is 14.0. The Morgan fingerprint density at radius 1 is 0.512 bits per heavy atom. The van der Waals surface area contributed by atoms with Crippen molar-refractivity contribution in [2.75, 3.05) is 6.61 Å². The molecule has 1 heterocycles. The minimum atomic E-state index is -0.638. The number of nitrogens with two attached hydrogens (primary N) is 1. The van der Waals surface area contributed by atoms with Gasteiger partial charge in [0.25, 0.3) is 0 Å². The zero-order valence-electron chi connectivity index (χ0n) is 23.1. The molecule has 0 radical (unpaired) electrons. The minimum Gasteiger partial charge on any atom is -0.374 e. The monoisotopic (exact) mass is 554 g/mol. The number of rotatable bonds is 14. The molecule has 0 unspecified atom stereocenters. The van der Waals surface area contributed by atoms with E-state index in [1.165, 1.54) is 0 Å². The Labute approximate surface area is 242 Å². The van der Waals surface area contributed by atoms with Crippen LogP contribution in [-0.2, 0) is 50.1 Å². The highest BCUT2D eigenvalue weighted by molar-refractivity contribution is 5.16. The van der Waals surface area contributed by atoms with E-state index in [1.807, 2.05) is 121 Å². The Balaban J connectivity index is 1.38. The van der Waals surface area contributed by atoms with E-state index in [1.54, 1.807) is 0 Å². The van der Waals surface area contributed by atoms with Crippen LogP contribution in [0.15, 0.2) is 121 Å². The standard InChI is InChI=1S/C34H38N2O5/c35-36-34-33(40-24-29-19-11-4-12-20-29)32(39-23-28-17-9-3-10-18-28)31(38-22-27-15-7-2-8-16-27)30(41-34)25-37-21-26-13-5-1-6-14-26/h1-20,30-34,36H,21-25,35H2/t30-,31-,32+,33-,34-/m1/s1. The number of hydrazine groups is 1. The molecule has 41 heavy (non-hydrogen) atoms. The smallest absolute Gasteiger partial charge is 0.149 e. The van der Waals surface area contributed by atoms with Crippen LogP contribution in [0.3, 0.4) is 0 Å². The lowest BCUT2D eigenvalue weighted by Crippen LogP contribution is -2.65. The first-order valence-electron chi connectivity index (χ1n) is 14.0. The molecule has 1 aliphatic rings. The van der Waals surface area contributed by atoms with Gasteiger partial charge >= 0.3 is 0 Å². The van der Waals surface area contributed by atoms with Gasteiger partial charge in [-0.2, -0.15) is 0 Å². The molecule has 1 saturated heterocycles. The summed E-state index contributed by atoms with van der Waals surface area (Å²) in [4.78, 5) is 0. The SMILES string of the molecule is NN[C@@H]1O[C@H](COCc2ccccc2)[C@@H](OCc2ccccc2)[C@H](OCc2ccccc2)[C@H]1OCc1ccccc1. The van der Waals surface area contributed by atoms with Crippen LogP contribution in [0.1, 0.15) is 22.3 Å². The summed E-state index contributed by atoms with van der Waals surface area (Å²) in [5, 5.41) is 0. The van der Waals surface area contributed by atoms with Gasteiger partial charge in [0.15, 0.2) is 0 Å². The molecule has 5 rings (SSSR count). The van der Waals surface area contributed by atoms with Crippen LogP contribution >= 0.6 is 0 Å². The molecule has 0 saturated carbocycles. The normalized spacial score (nSPS) is 22.4. The van der Waals surface area contributed by atoms with Crippen molar-refractivity contribution in [1.82, 2.24) is 5.43 Å². The number of nitrogens with one attached hydrogen (secondary N) is 1. The molecule has 7 nitrogen and oxygen atoms in total. The fourth-order valence-electron chi connectivity index (χ4n) is 4.92. The number of hydrogen-bond donors (Lipinski definition) is 2. The van der Waals surface area contributed by atoms with E-state index in [2.05, 4.69) is 5.43 Å². The van der Waals surface area contributed by atoms with Gasteiger partial charge in [-0.3, -0.25) is 5.84 Å². The third-order valence-electron chi connectivity index (χ3n) is 7.05. The van der Waals surface area contributed by atoms with Gasteiger partial charge in [-0.05, 0) is 22.3 Å². The lowest BCUT2D eigenvalue weighted by atomic mass is 9.97. The van der Waals surface area contributed by atoms with Gasteiger partial charge < -0.3 is 23.7 Å². The molecule has 0 aliphatic carbocycles. The Hall–Kier alpha value is -3.40. The van der Waals surface area contributed by atoms with Crippen LogP contribution in [0.4, 0.5) is 0 Å². The third-order valence-corrected chi connectivity index (χ3v) is 7.05. The molecule has 0 bridgehead atoms. The lowest BCUT2D eigenvalue weighted by Gasteiger charge is -2.46. The van der Waals surface area contributed by atoms with Gasteiger partial charge in [0, 0.05) is 0 Å². The minimum absolute atomic E-state index is 0.295. The van der Waals surface area contributed by atoms with E-state index in [-0.39, 0.29) is 0 Å². The summed E-state index contributed by atoms with van der Waals surface area (Å²) in [5.74, 6) is 6.03. The van der Waals surface area contributed by atoms with Crippen molar-refractivity contribution < 1.29 is 23.7 Å². The molecule has 214 valence electrons. The highest BCUT2D eigenvalue weighted by Gasteiger charge is 2.48. The zero-order valence-corrected chi connectivity index (χ0v) is 23.1. The summed E-state index contributed by atoms with van der Waals surface area (Å²) in [7, 11) is 0. The zero-order chi connectivity index (χ0) is 28.1. The predicted octanol–water partition coefficient (Wildman–Crippen LogP) is 5.15. The maximum absolute atomic E-state index is 6.62. The third kappa shape index (κ3) is 8.55. The molecule has 7 heteroatoms. The fourth-order valence-corrected chi connectivity index (χ4v) is 4.92. The van der Waals surface area contributed by atoms with Gasteiger partial charge in [-0.15, -0.1) is 0 Å². The quantitative estimate of drug-likeness (QED) is 0.165. The van der Waals surface area contributed by atoms with Crippen LogP contribution in [-0.4, -0.2) is 37.3 Å². The lowest BCUT2D eigenvalue weighted by molar-refractivity contribution is -0.278. The summed E-state index contributed by atoms with van der Waals surface area (Å²) in [6.07, 6.45) is -2.62. The predicted molar refractivity (Wildman–Crippen MR) is 157 cm³/mol. The van der Waals surface area contributed by atoms with Crippen LogP contribution < -0.4 is 11.3 Å². The van der Waals surface area contributed by atoms with Crippen LogP contribution in [0.5, 0.6) is 0 Å². The Morgan fingerprint density at radius 3 is 1.34 bits per heavy atom. The highest BCUT2D eigenvalue weighted by Crippen LogP contribution is 2.30. The van der Waals surface area contributed by atoms with Crippen molar-refractivity contribution in [3.63, 3.8) is 0 Å². The largest absolute Gasteiger partial charge is 0.374 e. The van der Waals surface area contributed by atoms with E-state index in [4.69, 9.17) is 29.5 Å². The molecule has 1 fully saturated rings. The second-order valence-corrected chi connectivity index (χ2v) is 10.0. The van der Waals surface area contributed by atoms with Gasteiger partial charge in [0.05, 0.1) is 33.0 Å². The number of hydrogen-bond acceptors (Lipinski definition) is 7. The second-order valence-electron chi connectivity index (χ2n) is 10.0. The van der Waals surface area contributed by atoms with Crippen LogP contribution in [0.2, 0.25) is 0 Å². The average Bonchev–Trinajstić information content (AvgIpc) is 3.04. The summed E-state index contributed by atoms with van der Waals surface area (Å²) in [6, 6.07) is 40.2. The van der Waals surface area contributed by atoms with E-state index in [9.17, 15) is 0 Å². The maximum Gasteiger partial charge on any atom is 0.149 e. The molecular weight excluding hydrogens is 516 g/mol.